The number of hydrogen-bond donors (Lipinski definition) is 0. The molecule has 6 nitrogen and oxygen atoms in total. The maximum atomic E-state index is 13.2. The largest absolute Gasteiger partial charge is 0.369 e. The van der Waals surface area contributed by atoms with E-state index >= 15 is 0 Å². The zero-order valence-electron chi connectivity index (χ0n) is 17.4. The average molecular weight is 388 g/mol. The molecule has 1 aromatic heterocycles. The van der Waals surface area contributed by atoms with Gasteiger partial charge in [-0.1, -0.05) is 12.5 Å². The van der Waals surface area contributed by atoms with Gasteiger partial charge in [0.2, 0.25) is 0 Å². The van der Waals surface area contributed by atoms with Crippen molar-refractivity contribution in [1.29, 1.82) is 0 Å². The van der Waals surface area contributed by atoms with Crippen LogP contribution in [0.5, 0.6) is 0 Å². The van der Waals surface area contributed by atoms with E-state index in [0.717, 1.165) is 43.9 Å². The van der Waals surface area contributed by atoms with E-state index in [-0.39, 0.29) is 17.4 Å². The number of fused-ring (bicyclic) bond motifs is 4. The van der Waals surface area contributed by atoms with Crippen LogP contribution >= 0.6 is 0 Å². The van der Waals surface area contributed by atoms with Crippen molar-refractivity contribution in [2.75, 3.05) is 33.3 Å². The van der Waals surface area contributed by atoms with Gasteiger partial charge in [-0.25, -0.2) is 0 Å². The lowest BCUT2D eigenvalue weighted by atomic mass is 9.82. The van der Waals surface area contributed by atoms with Gasteiger partial charge in [0, 0.05) is 50.5 Å². The Bertz CT molecular complexity index is 795. The molecule has 3 aliphatic heterocycles. The summed E-state index contributed by atoms with van der Waals surface area (Å²) in [5, 5.41) is 0. The summed E-state index contributed by atoms with van der Waals surface area (Å²) < 4.78 is 7.40. The molecule has 0 aliphatic carbocycles. The average Bonchev–Trinajstić information content (AvgIpc) is 2.70. The van der Waals surface area contributed by atoms with E-state index < -0.39 is 5.60 Å². The van der Waals surface area contributed by atoms with Crippen molar-refractivity contribution in [3.05, 3.63) is 33.7 Å². The van der Waals surface area contributed by atoms with Gasteiger partial charge < -0.3 is 14.2 Å². The summed E-state index contributed by atoms with van der Waals surface area (Å²) in [5.41, 5.74) is 1.38. The highest BCUT2D eigenvalue weighted by Gasteiger charge is 2.40. The first-order chi connectivity index (χ1) is 13.4. The van der Waals surface area contributed by atoms with E-state index in [1.807, 2.05) is 29.4 Å². The Morgan fingerprint density at radius 1 is 1.14 bits per heavy atom. The lowest BCUT2D eigenvalue weighted by Crippen LogP contribution is -2.54. The van der Waals surface area contributed by atoms with Crippen LogP contribution in [-0.4, -0.2) is 59.2 Å². The van der Waals surface area contributed by atoms with E-state index in [4.69, 9.17) is 4.74 Å². The fourth-order valence-electron chi connectivity index (χ4n) is 5.10. The molecule has 1 aromatic rings. The summed E-state index contributed by atoms with van der Waals surface area (Å²) in [6, 6.07) is 4.17. The molecule has 4 heterocycles. The second kappa shape index (κ2) is 7.64. The minimum absolute atomic E-state index is 0.0437. The van der Waals surface area contributed by atoms with Crippen molar-refractivity contribution >= 4 is 5.91 Å². The highest BCUT2D eigenvalue weighted by atomic mass is 16.5. The number of amides is 1. The van der Waals surface area contributed by atoms with Crippen LogP contribution in [0.1, 0.15) is 56.7 Å². The molecule has 3 aliphatic rings. The molecule has 4 rings (SSSR count). The number of piperidine rings is 2. The number of carbonyl (C=O) groups excluding carboxylic acids is 1. The minimum atomic E-state index is -0.802. The third kappa shape index (κ3) is 3.64. The lowest BCUT2D eigenvalue weighted by molar-refractivity contribution is -0.153. The van der Waals surface area contributed by atoms with E-state index in [1.54, 1.807) is 7.11 Å². The number of nitrogens with zero attached hydrogens (tertiary/aromatic N) is 3. The van der Waals surface area contributed by atoms with Gasteiger partial charge in [-0.05, 0) is 58.2 Å². The standard InChI is InChI=1S/C22H33N3O3/c1-22(2,28-3)21(27)24-12-16-11-18(15-24)19-8-7-17(20(26)25(19)13-16)14-23-9-5-4-6-10-23/h7-8,16,18H,4-6,9-15H2,1-3H3/t16-,18+/m0/s1. The molecule has 0 aromatic carbocycles. The molecule has 154 valence electrons. The van der Waals surface area contributed by atoms with Crippen molar-refractivity contribution in [3.63, 3.8) is 0 Å². The predicted octanol–water partition coefficient (Wildman–Crippen LogP) is 2.20. The molecule has 0 N–H and O–H groups in total. The first-order valence-corrected chi connectivity index (χ1v) is 10.7. The van der Waals surface area contributed by atoms with Crippen LogP contribution in [0.3, 0.4) is 0 Å². The Morgan fingerprint density at radius 2 is 1.89 bits per heavy atom. The van der Waals surface area contributed by atoms with Crippen LogP contribution in [0, 0.1) is 5.92 Å². The van der Waals surface area contributed by atoms with Crippen LogP contribution in [0.4, 0.5) is 0 Å². The first-order valence-electron chi connectivity index (χ1n) is 10.7. The molecule has 2 bridgehead atoms. The summed E-state index contributed by atoms with van der Waals surface area (Å²) in [4.78, 5) is 30.4. The number of methoxy groups -OCH3 is 1. The predicted molar refractivity (Wildman–Crippen MR) is 108 cm³/mol. The lowest BCUT2D eigenvalue weighted by Gasteiger charge is -2.44. The molecular weight excluding hydrogens is 354 g/mol. The van der Waals surface area contributed by atoms with Crippen molar-refractivity contribution in [2.45, 2.75) is 64.1 Å². The van der Waals surface area contributed by atoms with Crippen LogP contribution in [0.15, 0.2) is 16.9 Å². The van der Waals surface area contributed by atoms with Gasteiger partial charge in [0.05, 0.1) is 0 Å². The normalized spacial score (nSPS) is 25.5. The Balaban J connectivity index is 1.55. The van der Waals surface area contributed by atoms with Crippen LogP contribution < -0.4 is 5.56 Å². The van der Waals surface area contributed by atoms with Gasteiger partial charge in [0.25, 0.3) is 11.5 Å². The zero-order valence-corrected chi connectivity index (χ0v) is 17.4. The van der Waals surface area contributed by atoms with Crippen molar-refractivity contribution in [1.82, 2.24) is 14.4 Å². The fraction of sp³-hybridized carbons (Fsp3) is 0.727. The number of carbonyl (C=O) groups is 1. The van der Waals surface area contributed by atoms with E-state index in [2.05, 4.69) is 11.0 Å². The molecule has 2 saturated heterocycles. The molecule has 28 heavy (non-hydrogen) atoms. The second-order valence-corrected chi connectivity index (χ2v) is 9.26. The minimum Gasteiger partial charge on any atom is -0.369 e. The third-order valence-corrected chi connectivity index (χ3v) is 6.84. The number of ether oxygens (including phenoxy) is 1. The monoisotopic (exact) mass is 387 g/mol. The zero-order chi connectivity index (χ0) is 19.9. The quantitative estimate of drug-likeness (QED) is 0.795. The maximum Gasteiger partial charge on any atom is 0.255 e. The Labute approximate surface area is 167 Å². The summed E-state index contributed by atoms with van der Waals surface area (Å²) in [6.45, 7) is 8.71. The van der Waals surface area contributed by atoms with E-state index in [0.29, 0.717) is 19.0 Å². The van der Waals surface area contributed by atoms with Crippen molar-refractivity contribution < 1.29 is 9.53 Å². The van der Waals surface area contributed by atoms with E-state index in [1.165, 1.54) is 19.3 Å². The molecule has 0 spiro atoms. The highest BCUT2D eigenvalue weighted by Crippen LogP contribution is 2.36. The fourth-order valence-corrected chi connectivity index (χ4v) is 5.10. The van der Waals surface area contributed by atoms with Crippen LogP contribution in [0.25, 0.3) is 0 Å². The molecule has 1 amide bonds. The number of rotatable bonds is 4. The summed E-state index contributed by atoms with van der Waals surface area (Å²) in [6.07, 6.45) is 4.83. The van der Waals surface area contributed by atoms with Crippen molar-refractivity contribution in [2.24, 2.45) is 5.92 Å². The van der Waals surface area contributed by atoms with Gasteiger partial charge in [0.15, 0.2) is 0 Å². The Hall–Kier alpha value is -1.66. The first kappa shape index (κ1) is 19.6. The molecule has 6 heteroatoms. The number of aromatic nitrogens is 1. The molecule has 2 fully saturated rings. The second-order valence-electron chi connectivity index (χ2n) is 9.26. The van der Waals surface area contributed by atoms with E-state index in [9.17, 15) is 9.59 Å². The smallest absolute Gasteiger partial charge is 0.255 e. The van der Waals surface area contributed by atoms with Gasteiger partial charge >= 0.3 is 0 Å². The Kier molecular flexibility index (Phi) is 5.36. The number of pyridine rings is 1. The van der Waals surface area contributed by atoms with Gasteiger partial charge in [0.1, 0.15) is 5.60 Å². The topological polar surface area (TPSA) is 54.8 Å². The molecular formula is C22H33N3O3. The Morgan fingerprint density at radius 3 is 2.61 bits per heavy atom. The maximum absolute atomic E-state index is 13.2. The van der Waals surface area contributed by atoms with Gasteiger partial charge in [-0.3, -0.25) is 14.5 Å². The highest BCUT2D eigenvalue weighted by molar-refractivity contribution is 5.84. The number of likely N-dealkylation sites (tertiary alicyclic amines) is 2. The summed E-state index contributed by atoms with van der Waals surface area (Å²) in [5.74, 6) is 0.619. The molecule has 0 radical (unpaired) electrons. The summed E-state index contributed by atoms with van der Waals surface area (Å²) >= 11 is 0. The third-order valence-electron chi connectivity index (χ3n) is 6.84. The SMILES string of the molecule is COC(C)(C)C(=O)N1C[C@@H]2C[C@H](C1)c1ccc(CN3CCCCC3)c(=O)n1C2. The van der Waals surface area contributed by atoms with Crippen LogP contribution in [0.2, 0.25) is 0 Å². The molecule has 0 unspecified atom stereocenters. The molecule has 2 atom stereocenters. The molecule has 0 saturated carbocycles. The van der Waals surface area contributed by atoms with Crippen molar-refractivity contribution in [3.8, 4) is 0 Å². The number of hydrogen-bond acceptors (Lipinski definition) is 4. The summed E-state index contributed by atoms with van der Waals surface area (Å²) in [7, 11) is 1.58. The van der Waals surface area contributed by atoms with Gasteiger partial charge in [-0.2, -0.15) is 0 Å². The van der Waals surface area contributed by atoms with Crippen LogP contribution in [-0.2, 0) is 22.6 Å². The van der Waals surface area contributed by atoms with Gasteiger partial charge in [-0.15, -0.1) is 0 Å².